The Hall–Kier alpha value is -2.65. The minimum atomic E-state index is -0.921. The van der Waals surface area contributed by atoms with E-state index in [1.807, 2.05) is 44.2 Å². The summed E-state index contributed by atoms with van der Waals surface area (Å²) in [5.74, 6) is -1.48. The van der Waals surface area contributed by atoms with Crippen LogP contribution < -0.4 is 16.8 Å². The molecule has 7 N–H and O–H groups in total. The van der Waals surface area contributed by atoms with Crippen LogP contribution >= 0.6 is 0 Å². The molecule has 2 atom stereocenters. The van der Waals surface area contributed by atoms with Gasteiger partial charge < -0.3 is 31.7 Å². The van der Waals surface area contributed by atoms with Crippen LogP contribution in [0.25, 0.3) is 0 Å². The van der Waals surface area contributed by atoms with Gasteiger partial charge in [0.1, 0.15) is 18.7 Å². The molecule has 9 heteroatoms. The summed E-state index contributed by atoms with van der Waals surface area (Å²) >= 11 is 0. The standard InChI is InChI=1S/C19H30N2O4.C6H13NO2/c20-17(18(22)23)13-9-4-2-1-3-5-10-14-21-19(24)25-15-16-11-7-6-8-12-16;1-4(2)3-5(7)6(8)9/h6-8,11-12,17H,1-5,9-10,13-15,20H2,(H,21,24)(H,22,23);4-5H,3,7H2,1-2H3,(H,8,9)/t17-;5-/m00/s1. The topological polar surface area (TPSA) is 165 Å². The van der Waals surface area contributed by atoms with Gasteiger partial charge in [0, 0.05) is 6.54 Å². The third kappa shape index (κ3) is 18.9. The number of hydrogen-bond donors (Lipinski definition) is 5. The SMILES string of the molecule is CC(C)C[C@H](N)C(=O)O.N[C@@H](CCCCCCCCCNC(=O)OCc1ccccc1)C(=O)O. The Labute approximate surface area is 203 Å². The molecule has 0 saturated carbocycles. The second kappa shape index (κ2) is 19.8. The number of carboxylic acids is 2. The fraction of sp³-hybridized carbons (Fsp3) is 0.640. The second-order valence-corrected chi connectivity index (χ2v) is 8.77. The average Bonchev–Trinajstić information content (AvgIpc) is 2.79. The fourth-order valence-electron chi connectivity index (χ4n) is 3.07. The Bertz CT molecular complexity index is 684. The normalized spacial score (nSPS) is 12.3. The van der Waals surface area contributed by atoms with Crippen LogP contribution in [0.1, 0.15) is 77.2 Å². The highest BCUT2D eigenvalue weighted by Crippen LogP contribution is 2.09. The number of carbonyl (C=O) groups is 3. The number of nitrogens with one attached hydrogen (secondary N) is 1. The average molecular weight is 482 g/mol. The summed E-state index contributed by atoms with van der Waals surface area (Å²) in [6.07, 6.45) is 7.94. The van der Waals surface area contributed by atoms with E-state index in [1.54, 1.807) is 0 Å². The number of benzene rings is 1. The van der Waals surface area contributed by atoms with Crippen LogP contribution in [0.15, 0.2) is 30.3 Å². The lowest BCUT2D eigenvalue weighted by atomic mass is 10.1. The van der Waals surface area contributed by atoms with Crippen molar-refractivity contribution >= 4 is 18.0 Å². The second-order valence-electron chi connectivity index (χ2n) is 8.77. The minimum Gasteiger partial charge on any atom is -0.480 e. The zero-order valence-electron chi connectivity index (χ0n) is 20.6. The summed E-state index contributed by atoms with van der Waals surface area (Å²) in [7, 11) is 0. The van der Waals surface area contributed by atoms with Crippen LogP contribution in [0, 0.1) is 5.92 Å². The molecule has 0 spiro atoms. The number of unbranched alkanes of at least 4 members (excludes halogenated alkanes) is 6. The Morgan fingerprint density at radius 1 is 0.853 bits per heavy atom. The van der Waals surface area contributed by atoms with Gasteiger partial charge in [-0.05, 0) is 30.7 Å². The lowest BCUT2D eigenvalue weighted by molar-refractivity contribution is -0.139. The van der Waals surface area contributed by atoms with Crippen LogP contribution in [0.4, 0.5) is 4.79 Å². The summed E-state index contributed by atoms with van der Waals surface area (Å²) in [6.45, 7) is 4.81. The van der Waals surface area contributed by atoms with Crippen molar-refractivity contribution in [1.82, 2.24) is 5.32 Å². The van der Waals surface area contributed by atoms with Gasteiger partial charge in [-0.25, -0.2) is 4.79 Å². The van der Waals surface area contributed by atoms with E-state index in [4.69, 9.17) is 26.4 Å². The van der Waals surface area contributed by atoms with Gasteiger partial charge in [0.2, 0.25) is 0 Å². The van der Waals surface area contributed by atoms with Crippen LogP contribution in [-0.2, 0) is 20.9 Å². The van der Waals surface area contributed by atoms with Crippen molar-refractivity contribution in [3.8, 4) is 0 Å². The molecule has 34 heavy (non-hydrogen) atoms. The molecule has 0 aliphatic rings. The van der Waals surface area contributed by atoms with E-state index in [1.165, 1.54) is 0 Å². The van der Waals surface area contributed by atoms with Gasteiger partial charge in [-0.15, -0.1) is 0 Å². The fourth-order valence-corrected chi connectivity index (χ4v) is 3.07. The van der Waals surface area contributed by atoms with E-state index < -0.39 is 24.0 Å². The lowest BCUT2D eigenvalue weighted by Crippen LogP contribution is -2.31. The van der Waals surface area contributed by atoms with Crippen LogP contribution in [0.2, 0.25) is 0 Å². The van der Waals surface area contributed by atoms with Gasteiger partial charge in [-0.2, -0.15) is 0 Å². The molecule has 0 bridgehead atoms. The Morgan fingerprint density at radius 3 is 1.88 bits per heavy atom. The zero-order chi connectivity index (χ0) is 25.8. The summed E-state index contributed by atoms with van der Waals surface area (Å²) < 4.78 is 5.13. The molecule has 0 aliphatic carbocycles. The van der Waals surface area contributed by atoms with Crippen molar-refractivity contribution < 1.29 is 29.3 Å². The predicted octanol–water partition coefficient (Wildman–Crippen LogP) is 3.89. The van der Waals surface area contributed by atoms with Crippen molar-refractivity contribution in [2.24, 2.45) is 17.4 Å². The molecule has 1 amide bonds. The maximum Gasteiger partial charge on any atom is 0.407 e. The van der Waals surface area contributed by atoms with Gasteiger partial charge in [0.05, 0.1) is 0 Å². The molecule has 9 nitrogen and oxygen atoms in total. The first-order valence-electron chi connectivity index (χ1n) is 12.0. The maximum absolute atomic E-state index is 11.5. The van der Waals surface area contributed by atoms with Crippen LogP contribution in [0.3, 0.4) is 0 Å². The summed E-state index contributed by atoms with van der Waals surface area (Å²) in [4.78, 5) is 32.2. The highest BCUT2D eigenvalue weighted by atomic mass is 16.5. The molecular formula is C25H43N3O6. The van der Waals surface area contributed by atoms with Crippen LogP contribution in [0.5, 0.6) is 0 Å². The highest BCUT2D eigenvalue weighted by molar-refractivity contribution is 5.73. The molecule has 1 aromatic carbocycles. The molecule has 0 fully saturated rings. The summed E-state index contributed by atoms with van der Waals surface area (Å²) in [5, 5.41) is 19.7. The molecule has 0 aromatic heterocycles. The van der Waals surface area contributed by atoms with Crippen molar-refractivity contribution in [3.63, 3.8) is 0 Å². The first-order valence-corrected chi connectivity index (χ1v) is 12.0. The third-order valence-corrected chi connectivity index (χ3v) is 5.03. The van der Waals surface area contributed by atoms with Gasteiger partial charge in [-0.3, -0.25) is 9.59 Å². The van der Waals surface area contributed by atoms with Crippen molar-refractivity contribution in [2.75, 3.05) is 6.54 Å². The summed E-state index contributed by atoms with van der Waals surface area (Å²) in [5.41, 5.74) is 11.6. The number of ether oxygens (including phenoxy) is 1. The molecule has 0 heterocycles. The number of carboxylic acid groups (broad SMARTS) is 2. The van der Waals surface area contributed by atoms with E-state index >= 15 is 0 Å². The first-order chi connectivity index (χ1) is 16.1. The molecular weight excluding hydrogens is 438 g/mol. The number of amides is 1. The Morgan fingerprint density at radius 2 is 1.38 bits per heavy atom. The van der Waals surface area contributed by atoms with Gasteiger partial charge in [-0.1, -0.05) is 82.7 Å². The van der Waals surface area contributed by atoms with E-state index in [2.05, 4.69) is 5.32 Å². The number of rotatable bonds is 16. The largest absolute Gasteiger partial charge is 0.480 e. The molecule has 194 valence electrons. The van der Waals surface area contributed by atoms with Gasteiger partial charge in [0.25, 0.3) is 0 Å². The van der Waals surface area contributed by atoms with E-state index in [9.17, 15) is 14.4 Å². The number of hydrogen-bond acceptors (Lipinski definition) is 6. The van der Waals surface area contributed by atoms with E-state index in [0.717, 1.165) is 50.5 Å². The van der Waals surface area contributed by atoms with Crippen molar-refractivity contribution in [2.45, 2.75) is 90.3 Å². The molecule has 0 saturated heterocycles. The minimum absolute atomic E-state index is 0.290. The summed E-state index contributed by atoms with van der Waals surface area (Å²) in [6, 6.07) is 8.17. The predicted molar refractivity (Wildman–Crippen MR) is 132 cm³/mol. The molecule has 0 unspecified atom stereocenters. The highest BCUT2D eigenvalue weighted by Gasteiger charge is 2.12. The zero-order valence-corrected chi connectivity index (χ0v) is 20.6. The molecule has 1 aromatic rings. The van der Waals surface area contributed by atoms with E-state index in [-0.39, 0.29) is 12.7 Å². The molecule has 0 radical (unpaired) electrons. The third-order valence-electron chi connectivity index (χ3n) is 5.03. The maximum atomic E-state index is 11.5. The molecule has 0 aliphatic heterocycles. The number of aliphatic carboxylic acids is 2. The first kappa shape index (κ1) is 31.4. The molecule has 1 rings (SSSR count). The van der Waals surface area contributed by atoms with Crippen LogP contribution in [-0.4, -0.2) is 46.9 Å². The van der Waals surface area contributed by atoms with E-state index in [0.29, 0.717) is 25.3 Å². The Balaban J connectivity index is 0.00000102. The number of alkyl carbamates (subject to hydrolysis) is 1. The number of nitrogens with two attached hydrogens (primary N) is 2. The smallest absolute Gasteiger partial charge is 0.407 e. The van der Waals surface area contributed by atoms with Crippen molar-refractivity contribution in [1.29, 1.82) is 0 Å². The van der Waals surface area contributed by atoms with Gasteiger partial charge >= 0.3 is 18.0 Å². The van der Waals surface area contributed by atoms with Crippen molar-refractivity contribution in [3.05, 3.63) is 35.9 Å². The Kier molecular flexibility index (Phi) is 18.2. The van der Waals surface area contributed by atoms with Gasteiger partial charge in [0.15, 0.2) is 0 Å². The number of carbonyl (C=O) groups excluding carboxylic acids is 1. The lowest BCUT2D eigenvalue weighted by Gasteiger charge is -2.07. The monoisotopic (exact) mass is 481 g/mol. The quantitative estimate of drug-likeness (QED) is 0.222.